The van der Waals surface area contributed by atoms with Crippen LogP contribution in [-0.4, -0.2) is 44.7 Å². The minimum absolute atomic E-state index is 0.471. The molecule has 0 heterocycles. The zero-order valence-electron chi connectivity index (χ0n) is 14.1. The summed E-state index contributed by atoms with van der Waals surface area (Å²) >= 11 is 6.42. The third kappa shape index (κ3) is 6.68. The van der Waals surface area contributed by atoms with Gasteiger partial charge in [-0.1, -0.05) is 31.5 Å². The highest BCUT2D eigenvalue weighted by molar-refractivity contribution is 6.31. The van der Waals surface area contributed by atoms with Gasteiger partial charge in [-0.3, -0.25) is 0 Å². The van der Waals surface area contributed by atoms with Crippen LogP contribution < -0.4 is 10.2 Å². The first-order chi connectivity index (χ1) is 9.93. The quantitative estimate of drug-likeness (QED) is 0.751. The first-order valence-corrected chi connectivity index (χ1v) is 8.23. The molecule has 0 aliphatic heterocycles. The first kappa shape index (κ1) is 18.3. The monoisotopic (exact) mass is 311 g/mol. The topological polar surface area (TPSA) is 18.5 Å². The van der Waals surface area contributed by atoms with Gasteiger partial charge in [0, 0.05) is 36.4 Å². The molecule has 4 heteroatoms. The highest BCUT2D eigenvalue weighted by Gasteiger charge is 2.08. The SMILES string of the molecule is CCN(CCCN(C)C)c1ccc(CNC(C)C)c(Cl)c1. The molecule has 3 nitrogen and oxygen atoms in total. The van der Waals surface area contributed by atoms with Gasteiger partial charge >= 0.3 is 0 Å². The second-order valence-electron chi connectivity index (χ2n) is 6.05. The highest BCUT2D eigenvalue weighted by Crippen LogP contribution is 2.24. The van der Waals surface area contributed by atoms with Crippen molar-refractivity contribution in [1.29, 1.82) is 0 Å². The Labute approximate surface area is 135 Å². The van der Waals surface area contributed by atoms with E-state index in [0.29, 0.717) is 6.04 Å². The lowest BCUT2D eigenvalue weighted by Crippen LogP contribution is -2.27. The van der Waals surface area contributed by atoms with E-state index < -0.39 is 0 Å². The van der Waals surface area contributed by atoms with Gasteiger partial charge in [0.15, 0.2) is 0 Å². The molecular formula is C17H30ClN3. The number of anilines is 1. The van der Waals surface area contributed by atoms with Gasteiger partial charge in [-0.25, -0.2) is 0 Å². The van der Waals surface area contributed by atoms with Crippen molar-refractivity contribution in [3.8, 4) is 0 Å². The molecule has 0 aliphatic carbocycles. The van der Waals surface area contributed by atoms with Gasteiger partial charge in [0.05, 0.1) is 0 Å². The summed E-state index contributed by atoms with van der Waals surface area (Å²) in [6.07, 6.45) is 1.16. The molecule has 0 radical (unpaired) electrons. The molecule has 120 valence electrons. The second kappa shape index (κ2) is 9.29. The fourth-order valence-electron chi connectivity index (χ4n) is 2.24. The first-order valence-electron chi connectivity index (χ1n) is 7.85. The lowest BCUT2D eigenvalue weighted by Gasteiger charge is -2.24. The van der Waals surface area contributed by atoms with Crippen LogP contribution in [0.4, 0.5) is 5.69 Å². The number of halogens is 1. The maximum Gasteiger partial charge on any atom is 0.0471 e. The smallest absolute Gasteiger partial charge is 0.0471 e. The Kier molecular flexibility index (Phi) is 8.09. The minimum atomic E-state index is 0.471. The van der Waals surface area contributed by atoms with Gasteiger partial charge in [-0.05, 0) is 51.7 Å². The van der Waals surface area contributed by atoms with Gasteiger partial charge in [-0.15, -0.1) is 0 Å². The molecule has 0 unspecified atom stereocenters. The summed E-state index contributed by atoms with van der Waals surface area (Å²) in [6, 6.07) is 6.89. The molecule has 0 fully saturated rings. The summed E-state index contributed by atoms with van der Waals surface area (Å²) in [5.41, 5.74) is 2.38. The molecule has 0 amide bonds. The van der Waals surface area contributed by atoms with Crippen LogP contribution >= 0.6 is 11.6 Å². The van der Waals surface area contributed by atoms with Gasteiger partial charge in [0.25, 0.3) is 0 Å². The summed E-state index contributed by atoms with van der Waals surface area (Å²) in [4.78, 5) is 4.61. The Morgan fingerprint density at radius 2 is 1.90 bits per heavy atom. The summed E-state index contributed by atoms with van der Waals surface area (Å²) in [5, 5.41) is 4.26. The lowest BCUT2D eigenvalue weighted by molar-refractivity contribution is 0.400. The Morgan fingerprint density at radius 3 is 2.43 bits per heavy atom. The van der Waals surface area contributed by atoms with E-state index in [1.54, 1.807) is 0 Å². The van der Waals surface area contributed by atoms with Crippen molar-refractivity contribution in [2.45, 2.75) is 39.8 Å². The van der Waals surface area contributed by atoms with E-state index in [4.69, 9.17) is 11.6 Å². The standard InChI is InChI=1S/C17H30ClN3/c1-6-21(11-7-10-20(4)5)16-9-8-15(17(18)12-16)13-19-14(2)3/h8-9,12,14,19H,6-7,10-11,13H2,1-5H3. The van der Waals surface area contributed by atoms with Crippen molar-refractivity contribution >= 4 is 17.3 Å². The Hall–Kier alpha value is -0.770. The van der Waals surface area contributed by atoms with Gasteiger partial charge in [0.2, 0.25) is 0 Å². The lowest BCUT2D eigenvalue weighted by atomic mass is 10.1. The Morgan fingerprint density at radius 1 is 1.19 bits per heavy atom. The van der Waals surface area contributed by atoms with E-state index in [1.165, 1.54) is 11.3 Å². The molecule has 21 heavy (non-hydrogen) atoms. The molecule has 1 rings (SSSR count). The minimum Gasteiger partial charge on any atom is -0.372 e. The van der Waals surface area contributed by atoms with Crippen LogP contribution in [0.1, 0.15) is 32.8 Å². The molecule has 0 saturated carbocycles. The Bertz CT molecular complexity index is 418. The number of nitrogens with one attached hydrogen (secondary N) is 1. The van der Waals surface area contributed by atoms with Crippen molar-refractivity contribution in [3.63, 3.8) is 0 Å². The number of rotatable bonds is 9. The van der Waals surface area contributed by atoms with Crippen molar-refractivity contribution in [2.24, 2.45) is 0 Å². The molecule has 0 aliphatic rings. The molecule has 0 bridgehead atoms. The van der Waals surface area contributed by atoms with Crippen LogP contribution in [0.3, 0.4) is 0 Å². The van der Waals surface area contributed by atoms with E-state index >= 15 is 0 Å². The molecule has 0 spiro atoms. The molecule has 1 N–H and O–H groups in total. The predicted molar refractivity (Wildman–Crippen MR) is 94.5 cm³/mol. The molecule has 1 aromatic carbocycles. The number of benzene rings is 1. The van der Waals surface area contributed by atoms with Crippen molar-refractivity contribution in [1.82, 2.24) is 10.2 Å². The molecule has 0 saturated heterocycles. The molecule has 1 aromatic rings. The predicted octanol–water partition coefficient (Wildman–Crippen LogP) is 3.62. The number of hydrogen-bond donors (Lipinski definition) is 1. The van der Waals surface area contributed by atoms with Crippen molar-refractivity contribution < 1.29 is 0 Å². The van der Waals surface area contributed by atoms with Crippen LogP contribution in [-0.2, 0) is 6.54 Å². The van der Waals surface area contributed by atoms with Crippen molar-refractivity contribution in [2.75, 3.05) is 38.6 Å². The van der Waals surface area contributed by atoms with Crippen LogP contribution in [0.25, 0.3) is 0 Å². The van der Waals surface area contributed by atoms with E-state index in [1.807, 2.05) is 0 Å². The van der Waals surface area contributed by atoms with Crippen LogP contribution in [0.2, 0.25) is 5.02 Å². The third-order valence-corrected chi connectivity index (χ3v) is 3.87. The van der Waals surface area contributed by atoms with E-state index in [0.717, 1.165) is 37.6 Å². The maximum absolute atomic E-state index is 6.42. The average molecular weight is 312 g/mol. The van der Waals surface area contributed by atoms with Crippen LogP contribution in [0.5, 0.6) is 0 Å². The zero-order valence-corrected chi connectivity index (χ0v) is 14.9. The largest absolute Gasteiger partial charge is 0.372 e. The zero-order chi connectivity index (χ0) is 15.8. The summed E-state index contributed by atoms with van der Waals surface area (Å²) in [5.74, 6) is 0. The molecule has 0 atom stereocenters. The van der Waals surface area contributed by atoms with E-state index in [-0.39, 0.29) is 0 Å². The summed E-state index contributed by atoms with van der Waals surface area (Å²) in [7, 11) is 4.23. The Balaban J connectivity index is 2.66. The summed E-state index contributed by atoms with van der Waals surface area (Å²) < 4.78 is 0. The second-order valence-corrected chi connectivity index (χ2v) is 6.46. The number of hydrogen-bond acceptors (Lipinski definition) is 3. The van der Waals surface area contributed by atoms with Gasteiger partial charge in [0.1, 0.15) is 0 Å². The van der Waals surface area contributed by atoms with E-state index in [9.17, 15) is 0 Å². The maximum atomic E-state index is 6.42. The van der Waals surface area contributed by atoms with Gasteiger partial charge in [-0.2, -0.15) is 0 Å². The molecule has 0 aromatic heterocycles. The number of nitrogens with zero attached hydrogens (tertiary/aromatic N) is 2. The fourth-order valence-corrected chi connectivity index (χ4v) is 2.48. The van der Waals surface area contributed by atoms with Crippen LogP contribution in [0, 0.1) is 0 Å². The summed E-state index contributed by atoms with van der Waals surface area (Å²) in [6.45, 7) is 10.5. The van der Waals surface area contributed by atoms with Gasteiger partial charge < -0.3 is 15.1 Å². The molecular weight excluding hydrogens is 282 g/mol. The average Bonchev–Trinajstić information content (AvgIpc) is 2.42. The fraction of sp³-hybridized carbons (Fsp3) is 0.647. The third-order valence-electron chi connectivity index (χ3n) is 3.52. The normalized spacial score (nSPS) is 11.4. The van der Waals surface area contributed by atoms with Crippen molar-refractivity contribution in [3.05, 3.63) is 28.8 Å². The van der Waals surface area contributed by atoms with E-state index in [2.05, 4.69) is 68.2 Å². The van der Waals surface area contributed by atoms with Crippen LogP contribution in [0.15, 0.2) is 18.2 Å². The highest BCUT2D eigenvalue weighted by atomic mass is 35.5.